The smallest absolute Gasteiger partial charge is 0.138 e. The highest BCUT2D eigenvalue weighted by Crippen LogP contribution is 2.34. The molecule has 0 saturated carbocycles. The van der Waals surface area contributed by atoms with Crippen molar-refractivity contribution < 1.29 is 4.39 Å². The molecule has 0 aliphatic carbocycles. The summed E-state index contributed by atoms with van der Waals surface area (Å²) in [6.45, 7) is 2.77. The van der Waals surface area contributed by atoms with Crippen molar-refractivity contribution >= 4 is 23.2 Å². The molecule has 2 atom stereocenters. The Kier molecular flexibility index (Phi) is 5.89. The van der Waals surface area contributed by atoms with Gasteiger partial charge in [0.1, 0.15) is 17.5 Å². The first-order valence-electron chi connectivity index (χ1n) is 12.4. The lowest BCUT2D eigenvalue weighted by atomic mass is 9.83. The van der Waals surface area contributed by atoms with Crippen LogP contribution in [0.2, 0.25) is 0 Å². The minimum Gasteiger partial charge on any atom is -0.385 e. The number of nitrogens with zero attached hydrogens (tertiary/aromatic N) is 4. The van der Waals surface area contributed by atoms with Crippen LogP contribution in [0.5, 0.6) is 0 Å². The fourth-order valence-electron chi connectivity index (χ4n) is 5.34. The third-order valence-corrected chi connectivity index (χ3v) is 6.98. The first-order chi connectivity index (χ1) is 17.5. The second kappa shape index (κ2) is 9.35. The molecule has 0 fully saturated rings. The van der Waals surface area contributed by atoms with Crippen molar-refractivity contribution in [1.82, 2.24) is 25.5 Å². The molecule has 4 aliphatic heterocycles. The van der Waals surface area contributed by atoms with Gasteiger partial charge in [0.05, 0.1) is 24.5 Å². The van der Waals surface area contributed by atoms with Crippen LogP contribution in [0, 0.1) is 17.7 Å². The highest BCUT2D eigenvalue weighted by molar-refractivity contribution is 6.13. The number of benzene rings is 1. The first-order valence-corrected chi connectivity index (χ1v) is 12.4. The Bertz CT molecular complexity index is 1370. The quantitative estimate of drug-likeness (QED) is 0.607. The van der Waals surface area contributed by atoms with E-state index >= 15 is 0 Å². The Morgan fingerprint density at radius 2 is 2.03 bits per heavy atom. The Balaban J connectivity index is 1.34. The van der Waals surface area contributed by atoms with E-state index in [2.05, 4.69) is 45.1 Å². The molecule has 0 amide bonds. The van der Waals surface area contributed by atoms with Gasteiger partial charge >= 0.3 is 0 Å². The lowest BCUT2D eigenvalue weighted by molar-refractivity contribution is 0.401. The van der Waals surface area contributed by atoms with E-state index in [0.717, 1.165) is 63.9 Å². The van der Waals surface area contributed by atoms with Gasteiger partial charge in [0.2, 0.25) is 0 Å². The Labute approximate surface area is 210 Å². The molecule has 0 spiro atoms. The van der Waals surface area contributed by atoms with E-state index in [1.54, 1.807) is 12.1 Å². The van der Waals surface area contributed by atoms with Crippen LogP contribution in [0.3, 0.4) is 0 Å². The number of fused-ring (bicyclic) bond motifs is 2. The number of H-pyrrole nitrogens is 1. The van der Waals surface area contributed by atoms with Crippen LogP contribution in [-0.4, -0.2) is 54.1 Å². The largest absolute Gasteiger partial charge is 0.385 e. The summed E-state index contributed by atoms with van der Waals surface area (Å²) >= 11 is 0. The summed E-state index contributed by atoms with van der Waals surface area (Å²) in [5, 5.41) is 6.87. The lowest BCUT2D eigenvalue weighted by Gasteiger charge is -2.30. The molecule has 0 saturated heterocycles. The molecular formula is C28H30FN7. The van der Waals surface area contributed by atoms with Gasteiger partial charge in [-0.2, -0.15) is 0 Å². The predicted molar refractivity (Wildman–Crippen MR) is 142 cm³/mol. The maximum absolute atomic E-state index is 14.5. The number of aromatic nitrogens is 2. The summed E-state index contributed by atoms with van der Waals surface area (Å²) in [5.74, 6) is 2.20. The van der Waals surface area contributed by atoms with E-state index in [0.29, 0.717) is 31.5 Å². The predicted octanol–water partition coefficient (Wildman–Crippen LogP) is 3.65. The van der Waals surface area contributed by atoms with Crippen LogP contribution in [0.4, 0.5) is 4.39 Å². The minimum atomic E-state index is -0.241. The maximum Gasteiger partial charge on any atom is 0.138 e. The SMILES string of the molecule is CN(C)Cc1cc(F)cc(C2=CNCc3[nH]c(C4=CCN=C5NCC(C6C=NC=CC6)C=C45)nc32)c1. The third kappa shape index (κ3) is 4.33. The van der Waals surface area contributed by atoms with Gasteiger partial charge in [0.15, 0.2) is 0 Å². The van der Waals surface area contributed by atoms with E-state index in [4.69, 9.17) is 9.98 Å². The fraction of sp³-hybridized carbons (Fsp3) is 0.321. The molecule has 7 nitrogen and oxygen atoms in total. The number of rotatable bonds is 5. The monoisotopic (exact) mass is 483 g/mol. The molecule has 2 unspecified atom stereocenters. The van der Waals surface area contributed by atoms with Crippen LogP contribution in [0.15, 0.2) is 64.4 Å². The molecule has 4 aliphatic rings. The van der Waals surface area contributed by atoms with Crippen molar-refractivity contribution in [2.45, 2.75) is 19.5 Å². The van der Waals surface area contributed by atoms with E-state index in [-0.39, 0.29) is 5.82 Å². The number of amidine groups is 1. The Morgan fingerprint density at radius 1 is 1.11 bits per heavy atom. The average molecular weight is 484 g/mol. The van der Waals surface area contributed by atoms with Gasteiger partial charge in [-0.25, -0.2) is 9.37 Å². The summed E-state index contributed by atoms with van der Waals surface area (Å²) in [7, 11) is 3.97. The van der Waals surface area contributed by atoms with Gasteiger partial charge in [0, 0.05) is 60.3 Å². The average Bonchev–Trinajstić information content (AvgIpc) is 3.32. The second-order valence-corrected chi connectivity index (χ2v) is 9.95. The summed E-state index contributed by atoms with van der Waals surface area (Å²) in [6.07, 6.45) is 13.4. The van der Waals surface area contributed by atoms with Crippen molar-refractivity contribution in [3.05, 3.63) is 88.6 Å². The van der Waals surface area contributed by atoms with Crippen molar-refractivity contribution in [3.8, 4) is 0 Å². The first kappa shape index (κ1) is 22.7. The summed E-state index contributed by atoms with van der Waals surface area (Å²) in [4.78, 5) is 19.7. The summed E-state index contributed by atoms with van der Waals surface area (Å²) < 4.78 is 14.5. The molecule has 0 bridgehead atoms. The van der Waals surface area contributed by atoms with Crippen molar-refractivity contribution in [1.29, 1.82) is 0 Å². The number of nitrogens with one attached hydrogen (secondary N) is 3. The number of dihydropyridines is 1. The number of aliphatic imine (C=N–C) groups is 2. The second-order valence-electron chi connectivity index (χ2n) is 9.95. The van der Waals surface area contributed by atoms with Gasteiger partial charge in [-0.05, 0) is 49.8 Å². The molecule has 184 valence electrons. The minimum absolute atomic E-state index is 0.241. The maximum atomic E-state index is 14.5. The van der Waals surface area contributed by atoms with Gasteiger partial charge in [-0.3, -0.25) is 9.98 Å². The standard InChI is InChI=1S/C28H30FN7/c1-36(2)16-17-8-19(10-21(29)9-17)24-14-31-15-25-26(24)35-28(34-25)22-5-7-32-27-23(22)11-20(13-33-27)18-4-3-6-30-12-18/h3,5-6,8-12,14,18,20,31H,4,7,13,15-16H2,1-2H3,(H,32,33)(H,34,35). The van der Waals surface area contributed by atoms with Gasteiger partial charge < -0.3 is 20.5 Å². The third-order valence-electron chi connectivity index (χ3n) is 6.98. The molecule has 6 rings (SSSR count). The van der Waals surface area contributed by atoms with Crippen molar-refractivity contribution in [2.75, 3.05) is 27.2 Å². The number of allylic oxidation sites excluding steroid dienone is 1. The molecular weight excluding hydrogens is 453 g/mol. The van der Waals surface area contributed by atoms with E-state index < -0.39 is 0 Å². The number of aromatic amines is 1. The van der Waals surface area contributed by atoms with E-state index in [9.17, 15) is 4.39 Å². The zero-order chi connectivity index (χ0) is 24.6. The van der Waals surface area contributed by atoms with Crippen LogP contribution in [0.25, 0.3) is 11.1 Å². The number of halogens is 1. The summed E-state index contributed by atoms with van der Waals surface area (Å²) in [5.41, 5.74) is 6.65. The van der Waals surface area contributed by atoms with Gasteiger partial charge in [-0.1, -0.05) is 18.2 Å². The molecule has 36 heavy (non-hydrogen) atoms. The van der Waals surface area contributed by atoms with Gasteiger partial charge in [0.25, 0.3) is 0 Å². The van der Waals surface area contributed by atoms with Crippen LogP contribution < -0.4 is 10.6 Å². The van der Waals surface area contributed by atoms with Crippen LogP contribution in [-0.2, 0) is 13.1 Å². The molecule has 2 aromatic rings. The highest BCUT2D eigenvalue weighted by atomic mass is 19.1. The number of imidazole rings is 1. The molecule has 5 heterocycles. The molecule has 1 aromatic heterocycles. The van der Waals surface area contributed by atoms with Gasteiger partial charge in [-0.15, -0.1) is 0 Å². The van der Waals surface area contributed by atoms with Crippen LogP contribution >= 0.6 is 0 Å². The van der Waals surface area contributed by atoms with E-state index in [1.807, 2.05) is 37.5 Å². The number of hydrogen-bond acceptors (Lipinski definition) is 6. The highest BCUT2D eigenvalue weighted by Gasteiger charge is 2.30. The normalized spacial score (nSPS) is 22.6. The zero-order valence-electron chi connectivity index (χ0n) is 20.6. The topological polar surface area (TPSA) is 80.7 Å². The van der Waals surface area contributed by atoms with Crippen molar-refractivity contribution in [2.24, 2.45) is 21.8 Å². The molecule has 0 radical (unpaired) electrons. The van der Waals surface area contributed by atoms with Crippen LogP contribution in [0.1, 0.15) is 34.8 Å². The Hall–Kier alpha value is -3.78. The Morgan fingerprint density at radius 3 is 2.86 bits per heavy atom. The number of hydrogen-bond donors (Lipinski definition) is 3. The molecule has 1 aromatic carbocycles. The molecule has 3 N–H and O–H groups in total. The zero-order valence-corrected chi connectivity index (χ0v) is 20.6. The fourth-order valence-corrected chi connectivity index (χ4v) is 5.34. The van der Waals surface area contributed by atoms with E-state index in [1.165, 1.54) is 0 Å². The van der Waals surface area contributed by atoms with Crippen molar-refractivity contribution in [3.63, 3.8) is 0 Å². The molecule has 8 heteroatoms. The summed E-state index contributed by atoms with van der Waals surface area (Å²) in [6, 6.07) is 5.22. The lowest BCUT2D eigenvalue weighted by Crippen LogP contribution is -2.39.